The summed E-state index contributed by atoms with van der Waals surface area (Å²) in [6, 6.07) is 17.0. The monoisotopic (exact) mass is 1410 g/mol. The fourth-order valence-corrected chi connectivity index (χ4v) is 12.3. The highest BCUT2D eigenvalue weighted by atomic mass is 31.3. The largest absolute Gasteiger partial charge is 0.494 e. The first-order valence-corrected chi connectivity index (χ1v) is 34.0. The Morgan fingerprint density at radius 1 is 0.866 bits per heavy atom. The first-order valence-electron chi connectivity index (χ1n) is 29.4. The molecule has 1 saturated heterocycles. The van der Waals surface area contributed by atoms with Crippen molar-refractivity contribution in [3.8, 4) is 23.3 Å². The van der Waals surface area contributed by atoms with Crippen molar-refractivity contribution in [3.05, 3.63) is 171 Å². The van der Waals surface area contributed by atoms with Crippen molar-refractivity contribution in [2.75, 3.05) is 84.4 Å². The van der Waals surface area contributed by atoms with Gasteiger partial charge in [-0.2, -0.15) is 8.62 Å². The van der Waals surface area contributed by atoms with Gasteiger partial charge in [0.25, 0.3) is 11.5 Å². The van der Waals surface area contributed by atoms with Gasteiger partial charge >= 0.3 is 29.2 Å². The second-order valence-electron chi connectivity index (χ2n) is 20.6. The molecule has 0 bridgehead atoms. The Morgan fingerprint density at radius 2 is 1.63 bits per heavy atom. The van der Waals surface area contributed by atoms with E-state index in [0.29, 0.717) is 41.0 Å². The van der Waals surface area contributed by atoms with Gasteiger partial charge in [0.15, 0.2) is 18.3 Å². The molecule has 36 nitrogen and oxygen atoms in total. The number of phosphoric ester groups is 1. The van der Waals surface area contributed by atoms with Gasteiger partial charge in [0.2, 0.25) is 11.8 Å². The van der Waals surface area contributed by atoms with Crippen molar-refractivity contribution in [1.29, 1.82) is 0 Å². The van der Waals surface area contributed by atoms with Crippen molar-refractivity contribution >= 4 is 64.5 Å². The van der Waals surface area contributed by atoms with Crippen molar-refractivity contribution < 1.29 is 98.8 Å². The van der Waals surface area contributed by atoms with E-state index in [4.69, 9.17) is 49.3 Å². The number of aromatic amines is 1. The predicted molar refractivity (Wildman–Crippen MR) is 344 cm³/mol. The maximum atomic E-state index is 13.8. The lowest BCUT2D eigenvalue weighted by atomic mass is 9.85. The molecule has 520 valence electrons. The summed E-state index contributed by atoms with van der Waals surface area (Å²) >= 11 is 0. The number of H-pyrrole nitrogens is 1. The maximum absolute atomic E-state index is 13.8. The molecule has 2 heterocycles. The Hall–Kier alpha value is -9.06. The molecule has 3 aromatic carbocycles. The number of nitrogens with zero attached hydrogens (tertiary/aromatic N) is 7. The van der Waals surface area contributed by atoms with E-state index in [-0.39, 0.29) is 87.5 Å². The van der Waals surface area contributed by atoms with Crippen LogP contribution < -0.4 is 47.3 Å². The average molecular weight is 1410 g/mol. The van der Waals surface area contributed by atoms with Gasteiger partial charge in [-0.15, -0.1) is 0 Å². The number of ketones is 1. The van der Waals surface area contributed by atoms with Gasteiger partial charge in [0, 0.05) is 94.8 Å². The summed E-state index contributed by atoms with van der Waals surface area (Å²) < 4.78 is 81.7. The summed E-state index contributed by atoms with van der Waals surface area (Å²) in [5.41, 5.74) is 21.8. The molecule has 1 aliphatic heterocycles. The average Bonchev–Trinajstić information content (AvgIpc) is 1.07. The first kappa shape index (κ1) is 77.0. The highest BCUT2D eigenvalue weighted by Gasteiger charge is 2.44. The number of azide groups is 2. The summed E-state index contributed by atoms with van der Waals surface area (Å²) in [7, 11) is -17.2. The molecule has 10 N–H and O–H groups in total. The molecule has 0 spiro atoms. The molecule has 39 heteroatoms. The number of benzene rings is 3. The molecule has 1 aliphatic carbocycles. The lowest BCUT2D eigenvalue weighted by Gasteiger charge is -2.21. The zero-order valence-corrected chi connectivity index (χ0v) is 55.2. The smallest absolute Gasteiger partial charge is 0.490 e. The molecule has 3 amide bonds. The fourth-order valence-electron chi connectivity index (χ4n) is 9.28. The fraction of sp³-hybridized carbons (Fsp3) is 0.397. The van der Waals surface area contributed by atoms with Crippen LogP contribution >= 0.6 is 23.5 Å². The Kier molecular flexibility index (Phi) is 29.7. The van der Waals surface area contributed by atoms with E-state index in [2.05, 4.69) is 71.6 Å². The van der Waals surface area contributed by atoms with Crippen LogP contribution in [0.25, 0.3) is 26.5 Å². The van der Waals surface area contributed by atoms with Crippen LogP contribution in [-0.2, 0) is 60.2 Å². The second kappa shape index (κ2) is 37.5. The molecule has 6 rings (SSSR count). The first-order chi connectivity index (χ1) is 46.3. The highest BCUT2D eigenvalue weighted by molar-refractivity contribution is 7.66. The maximum Gasteiger partial charge on any atom is 0.490 e. The van der Waals surface area contributed by atoms with Crippen LogP contribution in [0, 0.1) is 18.8 Å². The summed E-state index contributed by atoms with van der Waals surface area (Å²) in [5, 5.41) is 21.2. The summed E-state index contributed by atoms with van der Waals surface area (Å²) in [4.78, 5) is 134. The third kappa shape index (κ3) is 24.8. The number of rotatable bonds is 38. The van der Waals surface area contributed by atoms with E-state index in [0.717, 1.165) is 51.7 Å². The van der Waals surface area contributed by atoms with Crippen LogP contribution in [0.2, 0.25) is 0 Å². The van der Waals surface area contributed by atoms with Crippen molar-refractivity contribution in [2.24, 2.45) is 10.2 Å². The third-order valence-electron chi connectivity index (χ3n) is 13.5. The molecule has 4 aromatic rings. The SMILES string of the molecule is CCNC1=CC(=O)/C(=C(\c2ccc(NCC)c(C)c2)c2cc(OCCCC(=O)NCCNC(=O)c3cccc(OCC(N=[N+]=[N-])OCCOCC(=O)NCC#Cc4cn(C5CC(OCN=[N+]=[N-])C(COP(=O)(O)OP(=O)(O)OP(=O)(O)O)O5)c(=O)[nH]c4=O)c3)ccc2C=O)C=C1C. The quantitative estimate of drug-likeness (QED) is 0.00407. The molecule has 1 aromatic heterocycles. The van der Waals surface area contributed by atoms with Crippen molar-refractivity contribution in [3.63, 3.8) is 0 Å². The number of allylic oxidation sites excluding steroid dienone is 4. The molecule has 6 atom stereocenters. The zero-order chi connectivity index (χ0) is 70.7. The number of amides is 3. The van der Waals surface area contributed by atoms with E-state index in [1.807, 2.05) is 57.0 Å². The van der Waals surface area contributed by atoms with E-state index in [1.165, 1.54) is 12.1 Å². The number of carbonyl (C=O) groups is 5. The Balaban J connectivity index is 0.896. The number of nitrogens with one attached hydrogen (secondary N) is 6. The topological polar surface area (TPSA) is 513 Å². The number of anilines is 1. The minimum atomic E-state index is -5.87. The number of carbonyl (C=O) groups excluding carboxylic acids is 5. The molecule has 6 unspecified atom stereocenters. The van der Waals surface area contributed by atoms with E-state index in [1.54, 1.807) is 36.4 Å². The summed E-state index contributed by atoms with van der Waals surface area (Å²) in [6.07, 6.45) is 0.156. The van der Waals surface area contributed by atoms with E-state index >= 15 is 0 Å². The van der Waals surface area contributed by atoms with Gasteiger partial charge in [0.1, 0.15) is 49.3 Å². The highest BCUT2D eigenvalue weighted by Crippen LogP contribution is 2.66. The number of ether oxygens (including phenoxy) is 6. The Labute approximate surface area is 552 Å². The van der Waals surface area contributed by atoms with Crippen LogP contribution in [0.1, 0.15) is 89.2 Å². The van der Waals surface area contributed by atoms with Crippen LogP contribution in [-0.4, -0.2) is 156 Å². The van der Waals surface area contributed by atoms with E-state index in [9.17, 15) is 57.0 Å². The zero-order valence-electron chi connectivity index (χ0n) is 52.5. The van der Waals surface area contributed by atoms with Gasteiger partial charge in [-0.1, -0.05) is 34.2 Å². The van der Waals surface area contributed by atoms with Gasteiger partial charge in [-0.25, -0.2) is 18.5 Å². The summed E-state index contributed by atoms with van der Waals surface area (Å²) in [6.45, 7) is 6.47. The minimum Gasteiger partial charge on any atom is -0.494 e. The lowest BCUT2D eigenvalue weighted by Crippen LogP contribution is -2.34. The predicted octanol–water partition coefficient (Wildman–Crippen LogP) is 5.12. The van der Waals surface area contributed by atoms with Crippen LogP contribution in [0.15, 0.2) is 116 Å². The number of aldehydes is 1. The van der Waals surface area contributed by atoms with Gasteiger partial charge < -0.3 is 74.6 Å². The van der Waals surface area contributed by atoms with Crippen LogP contribution in [0.5, 0.6) is 11.5 Å². The number of hydrogen-bond donors (Lipinski definition) is 10. The third-order valence-corrected chi connectivity index (χ3v) is 17.3. The van der Waals surface area contributed by atoms with Crippen molar-refractivity contribution in [2.45, 2.75) is 71.6 Å². The molecule has 97 heavy (non-hydrogen) atoms. The number of phosphoric acid groups is 3. The Morgan fingerprint density at radius 3 is 2.35 bits per heavy atom. The summed E-state index contributed by atoms with van der Waals surface area (Å²) in [5.74, 6) is 4.04. The number of aromatic nitrogens is 2. The van der Waals surface area contributed by atoms with Gasteiger partial charge in [0.05, 0.1) is 39.1 Å². The molecule has 0 radical (unpaired) electrons. The minimum absolute atomic E-state index is 0.0869. The van der Waals surface area contributed by atoms with Gasteiger partial charge in [-0.05, 0) is 122 Å². The number of hydrogen-bond acceptors (Lipinski definition) is 23. The Bertz CT molecular complexity index is 4080. The molecule has 1 fully saturated rings. The lowest BCUT2D eigenvalue weighted by molar-refractivity contribution is -0.126. The molecular weight excluding hydrogens is 1340 g/mol. The molecule has 2 aliphatic rings. The van der Waals surface area contributed by atoms with E-state index < -0.39 is 91.1 Å². The van der Waals surface area contributed by atoms with Crippen LogP contribution in [0.3, 0.4) is 0 Å². The molecule has 0 saturated carbocycles. The molecular formula is C58H70N13O23P3. The number of likely N-dealkylation sites (N-methyl/N-ethyl adjacent to an activating group) is 1. The normalized spacial score (nSPS) is 17.2. The van der Waals surface area contributed by atoms with Gasteiger partial charge in [-0.3, -0.25) is 42.8 Å². The number of aryl methyl sites for hydroxylation is 1. The van der Waals surface area contributed by atoms with Crippen LogP contribution in [0.4, 0.5) is 5.69 Å². The standard InChI is InChI=1S/C58H70N13O23P3/c1-5-61-46-17-15-38(24-36(46)3)55(45-25-37(4)47(62-6-2)28-48(45)73)44-27-43(16-14-41(44)31-72)87-21-9-13-51(74)64-19-20-65-56(76)39-10-7-12-42(26-39)89-34-53(68-70-60)88-23-22-86-33-52(75)63-18-8-11-40-30-71(58(78)67-57(40)77)54-29-49(90-35-66-69-59)50(92-54)32-91-96(82,83)94-97(84,85)93-95(79,80)81/h7,10,12,14-17,24-28,30-31,49-50,53-54,61-62H,5-6,9,13,18-23,29,32-35H2,1-4H3,(H,63,75)(H,64,74)(H,65,76)(H,82,83)(H,84,85)(H,67,77,78)(H2,79,80,81)/b55-45+. The van der Waals surface area contributed by atoms with Crippen molar-refractivity contribution in [1.82, 2.24) is 30.8 Å². The second-order valence-corrected chi connectivity index (χ2v) is 25.0.